The SMILES string of the molecule is CCOc1ccc(/C=C/C(=O)Nc2ccc3[nH]c(=O)[nH]c3c2)cc1OC. The van der Waals surface area contributed by atoms with E-state index in [9.17, 15) is 9.59 Å². The zero-order valence-corrected chi connectivity index (χ0v) is 14.5. The van der Waals surface area contributed by atoms with Crippen LogP contribution in [0.4, 0.5) is 5.69 Å². The van der Waals surface area contributed by atoms with E-state index in [0.717, 1.165) is 5.56 Å². The normalized spacial score (nSPS) is 11.0. The lowest BCUT2D eigenvalue weighted by atomic mass is 10.2. The summed E-state index contributed by atoms with van der Waals surface area (Å²) in [5.74, 6) is 0.983. The summed E-state index contributed by atoms with van der Waals surface area (Å²) in [4.78, 5) is 28.7. The second-order valence-corrected chi connectivity index (χ2v) is 5.51. The summed E-state index contributed by atoms with van der Waals surface area (Å²) in [6.45, 7) is 2.45. The van der Waals surface area contributed by atoms with Gasteiger partial charge < -0.3 is 24.8 Å². The molecule has 3 aromatic rings. The second kappa shape index (κ2) is 7.60. The minimum Gasteiger partial charge on any atom is -0.493 e. The van der Waals surface area contributed by atoms with Gasteiger partial charge in [-0.2, -0.15) is 0 Å². The maximum atomic E-state index is 12.1. The monoisotopic (exact) mass is 353 g/mol. The molecule has 0 saturated heterocycles. The van der Waals surface area contributed by atoms with Crippen molar-refractivity contribution in [2.75, 3.05) is 19.0 Å². The van der Waals surface area contributed by atoms with Crippen molar-refractivity contribution in [2.45, 2.75) is 6.92 Å². The summed E-state index contributed by atoms with van der Waals surface area (Å²) in [6.07, 6.45) is 3.11. The first-order valence-corrected chi connectivity index (χ1v) is 8.11. The number of methoxy groups -OCH3 is 1. The van der Waals surface area contributed by atoms with E-state index >= 15 is 0 Å². The van der Waals surface area contributed by atoms with Crippen LogP contribution in [-0.2, 0) is 4.79 Å². The molecule has 7 nitrogen and oxygen atoms in total. The van der Waals surface area contributed by atoms with Crippen LogP contribution in [-0.4, -0.2) is 29.6 Å². The molecule has 0 spiro atoms. The van der Waals surface area contributed by atoms with Crippen molar-refractivity contribution in [3.05, 3.63) is 58.5 Å². The molecular weight excluding hydrogens is 334 g/mol. The number of hydrogen-bond donors (Lipinski definition) is 3. The molecule has 26 heavy (non-hydrogen) atoms. The number of carbonyl (C=O) groups is 1. The Morgan fingerprint density at radius 1 is 1.12 bits per heavy atom. The number of fused-ring (bicyclic) bond motifs is 1. The number of rotatable bonds is 6. The molecule has 0 aliphatic carbocycles. The van der Waals surface area contributed by atoms with Crippen LogP contribution in [0.5, 0.6) is 11.5 Å². The van der Waals surface area contributed by atoms with Crippen molar-refractivity contribution in [3.63, 3.8) is 0 Å². The van der Waals surface area contributed by atoms with E-state index in [1.807, 2.05) is 13.0 Å². The second-order valence-electron chi connectivity index (χ2n) is 5.51. The Labute approximate surface area is 149 Å². The lowest BCUT2D eigenvalue weighted by molar-refractivity contribution is -0.111. The van der Waals surface area contributed by atoms with Crippen molar-refractivity contribution in [1.29, 1.82) is 0 Å². The van der Waals surface area contributed by atoms with Gasteiger partial charge in [0.2, 0.25) is 5.91 Å². The maximum Gasteiger partial charge on any atom is 0.323 e. The fourth-order valence-corrected chi connectivity index (χ4v) is 2.53. The predicted molar refractivity (Wildman–Crippen MR) is 101 cm³/mol. The van der Waals surface area contributed by atoms with E-state index < -0.39 is 0 Å². The fourth-order valence-electron chi connectivity index (χ4n) is 2.53. The summed E-state index contributed by atoms with van der Waals surface area (Å²) in [6, 6.07) is 10.6. The van der Waals surface area contributed by atoms with Gasteiger partial charge >= 0.3 is 5.69 Å². The number of aromatic amines is 2. The first kappa shape index (κ1) is 17.3. The molecule has 0 fully saturated rings. The summed E-state index contributed by atoms with van der Waals surface area (Å²) in [5, 5.41) is 2.76. The summed E-state index contributed by atoms with van der Waals surface area (Å²) < 4.78 is 10.8. The quantitative estimate of drug-likeness (QED) is 0.594. The van der Waals surface area contributed by atoms with Crippen LogP contribution in [0.2, 0.25) is 0 Å². The number of aromatic nitrogens is 2. The number of imidazole rings is 1. The number of H-pyrrole nitrogens is 2. The van der Waals surface area contributed by atoms with E-state index in [1.54, 1.807) is 43.5 Å². The number of anilines is 1. The first-order chi connectivity index (χ1) is 12.6. The highest BCUT2D eigenvalue weighted by Crippen LogP contribution is 2.28. The average molecular weight is 353 g/mol. The van der Waals surface area contributed by atoms with Gasteiger partial charge in [-0.1, -0.05) is 6.07 Å². The molecule has 3 rings (SSSR count). The zero-order chi connectivity index (χ0) is 18.5. The molecule has 0 atom stereocenters. The standard InChI is InChI=1S/C19H19N3O4/c1-3-26-16-8-4-12(10-17(16)25-2)5-9-18(23)20-13-6-7-14-15(11-13)22-19(24)21-14/h4-11H,3H2,1-2H3,(H,20,23)(H2,21,22,24)/b9-5+. The van der Waals surface area contributed by atoms with Crippen LogP contribution in [0.25, 0.3) is 17.1 Å². The maximum absolute atomic E-state index is 12.1. The minimum absolute atomic E-state index is 0.282. The third kappa shape index (κ3) is 3.94. The molecule has 0 radical (unpaired) electrons. The summed E-state index contributed by atoms with van der Waals surface area (Å²) >= 11 is 0. The van der Waals surface area contributed by atoms with Crippen LogP contribution < -0.4 is 20.5 Å². The van der Waals surface area contributed by atoms with Gasteiger partial charge in [0, 0.05) is 11.8 Å². The highest BCUT2D eigenvalue weighted by molar-refractivity contribution is 6.02. The van der Waals surface area contributed by atoms with Gasteiger partial charge in [0.25, 0.3) is 0 Å². The van der Waals surface area contributed by atoms with Crippen LogP contribution in [0, 0.1) is 0 Å². The molecule has 0 saturated carbocycles. The third-order valence-electron chi connectivity index (χ3n) is 3.70. The molecule has 3 N–H and O–H groups in total. The molecule has 2 aromatic carbocycles. The molecule has 0 bridgehead atoms. The number of carbonyl (C=O) groups excluding carboxylic acids is 1. The molecule has 1 amide bonds. The molecule has 1 aromatic heterocycles. The number of benzene rings is 2. The average Bonchev–Trinajstić information content (AvgIpc) is 3.00. The molecule has 0 aliphatic heterocycles. The predicted octanol–water partition coefficient (Wildman–Crippen LogP) is 2.92. The van der Waals surface area contributed by atoms with Gasteiger partial charge in [-0.3, -0.25) is 4.79 Å². The van der Waals surface area contributed by atoms with Gasteiger partial charge in [-0.15, -0.1) is 0 Å². The highest BCUT2D eigenvalue weighted by Gasteiger charge is 2.05. The Kier molecular flexibility index (Phi) is 5.07. The Balaban J connectivity index is 1.71. The third-order valence-corrected chi connectivity index (χ3v) is 3.70. The van der Waals surface area contributed by atoms with E-state index in [-0.39, 0.29) is 11.6 Å². The van der Waals surface area contributed by atoms with E-state index in [1.165, 1.54) is 6.08 Å². The Morgan fingerprint density at radius 2 is 1.92 bits per heavy atom. The van der Waals surface area contributed by atoms with Crippen LogP contribution >= 0.6 is 0 Å². The first-order valence-electron chi connectivity index (χ1n) is 8.11. The van der Waals surface area contributed by atoms with Crippen molar-refractivity contribution >= 4 is 28.7 Å². The van der Waals surface area contributed by atoms with Crippen LogP contribution in [0.15, 0.2) is 47.3 Å². The number of amides is 1. The Morgan fingerprint density at radius 3 is 2.69 bits per heavy atom. The van der Waals surface area contributed by atoms with Gasteiger partial charge in [-0.25, -0.2) is 4.79 Å². The van der Waals surface area contributed by atoms with Crippen molar-refractivity contribution in [2.24, 2.45) is 0 Å². The molecule has 0 unspecified atom stereocenters. The van der Waals surface area contributed by atoms with Crippen LogP contribution in [0.3, 0.4) is 0 Å². The highest BCUT2D eigenvalue weighted by atomic mass is 16.5. The smallest absolute Gasteiger partial charge is 0.323 e. The number of hydrogen-bond acceptors (Lipinski definition) is 4. The number of nitrogens with one attached hydrogen (secondary N) is 3. The van der Waals surface area contributed by atoms with E-state index in [4.69, 9.17) is 9.47 Å². The summed E-state index contributed by atoms with van der Waals surface area (Å²) in [5.41, 5.74) is 2.43. The van der Waals surface area contributed by atoms with Gasteiger partial charge in [0.1, 0.15) is 0 Å². The molecular formula is C19H19N3O4. The summed E-state index contributed by atoms with van der Waals surface area (Å²) in [7, 11) is 1.57. The molecule has 1 heterocycles. The van der Waals surface area contributed by atoms with Gasteiger partial charge in [0.15, 0.2) is 11.5 Å². The Bertz CT molecular complexity index is 1020. The Hall–Kier alpha value is -3.48. The fraction of sp³-hybridized carbons (Fsp3) is 0.158. The van der Waals surface area contributed by atoms with E-state index in [2.05, 4.69) is 15.3 Å². The molecule has 0 aliphatic rings. The largest absolute Gasteiger partial charge is 0.493 e. The van der Waals surface area contributed by atoms with Crippen molar-refractivity contribution < 1.29 is 14.3 Å². The minimum atomic E-state index is -0.284. The topological polar surface area (TPSA) is 96.2 Å². The zero-order valence-electron chi connectivity index (χ0n) is 14.5. The van der Waals surface area contributed by atoms with Gasteiger partial charge in [0.05, 0.1) is 24.8 Å². The lowest BCUT2D eigenvalue weighted by Gasteiger charge is -2.09. The van der Waals surface area contributed by atoms with Crippen molar-refractivity contribution in [3.8, 4) is 11.5 Å². The van der Waals surface area contributed by atoms with Gasteiger partial charge in [-0.05, 0) is 48.9 Å². The number of ether oxygens (including phenoxy) is 2. The van der Waals surface area contributed by atoms with Crippen LogP contribution in [0.1, 0.15) is 12.5 Å². The molecule has 134 valence electrons. The molecule has 7 heteroatoms. The van der Waals surface area contributed by atoms with Crippen molar-refractivity contribution in [1.82, 2.24) is 9.97 Å². The van der Waals surface area contributed by atoms with E-state index in [0.29, 0.717) is 34.8 Å². The lowest BCUT2D eigenvalue weighted by Crippen LogP contribution is -2.07.